The van der Waals surface area contributed by atoms with E-state index < -0.39 is 30.0 Å². The van der Waals surface area contributed by atoms with Gasteiger partial charge < -0.3 is 18.9 Å². The molecule has 0 aromatic carbocycles. The molecular formula is C37H51F3O6. The van der Waals surface area contributed by atoms with Crippen LogP contribution in [0.1, 0.15) is 96.3 Å². The van der Waals surface area contributed by atoms with E-state index in [4.69, 9.17) is 18.9 Å². The van der Waals surface area contributed by atoms with Crippen LogP contribution in [-0.4, -0.2) is 56.8 Å². The highest BCUT2D eigenvalue weighted by Gasteiger charge is 2.47. The number of hydrogen-bond acceptors (Lipinski definition) is 6. The first kappa shape index (κ1) is 37.7. The molecule has 0 bridgehead atoms. The van der Waals surface area contributed by atoms with Crippen LogP contribution < -0.4 is 0 Å². The van der Waals surface area contributed by atoms with Crippen molar-refractivity contribution >= 4 is 11.9 Å². The van der Waals surface area contributed by atoms with E-state index in [9.17, 15) is 22.8 Å². The maximum Gasteiger partial charge on any atom is 0.393 e. The summed E-state index contributed by atoms with van der Waals surface area (Å²) in [5.41, 5.74) is 0. The van der Waals surface area contributed by atoms with Crippen LogP contribution in [-0.2, 0) is 28.5 Å². The number of carbonyl (C=O) groups excluding carboxylic acids is 2. The third-order valence-electron chi connectivity index (χ3n) is 9.19. The third-order valence-corrected chi connectivity index (χ3v) is 9.19. The van der Waals surface area contributed by atoms with Gasteiger partial charge in [-0.05, 0) is 96.3 Å². The number of esters is 2. The number of carbonyl (C=O) groups is 2. The van der Waals surface area contributed by atoms with Gasteiger partial charge in [-0.1, -0.05) is 36.8 Å². The highest BCUT2D eigenvalue weighted by Crippen LogP contribution is 2.43. The summed E-state index contributed by atoms with van der Waals surface area (Å²) in [6, 6.07) is 0. The molecule has 0 saturated heterocycles. The Labute approximate surface area is 273 Å². The minimum Gasteiger partial charge on any atom is -0.463 e. The van der Waals surface area contributed by atoms with E-state index in [2.05, 4.69) is 36.8 Å². The molecule has 0 aliphatic heterocycles. The molecule has 0 heterocycles. The van der Waals surface area contributed by atoms with Gasteiger partial charge in [0.1, 0.15) is 0 Å². The predicted octanol–water partition coefficient (Wildman–Crippen LogP) is 7.76. The molecule has 0 aromatic rings. The first-order chi connectivity index (χ1) is 22.2. The van der Waals surface area contributed by atoms with Crippen molar-refractivity contribution in [3.8, 4) is 23.7 Å². The van der Waals surface area contributed by atoms with E-state index in [1.165, 1.54) is 0 Å². The summed E-state index contributed by atoms with van der Waals surface area (Å²) < 4.78 is 64.1. The van der Waals surface area contributed by atoms with Crippen LogP contribution in [0.4, 0.5) is 13.2 Å². The number of rotatable bonds is 14. The molecule has 3 aliphatic rings. The molecule has 6 nitrogen and oxygen atoms in total. The molecule has 9 heteroatoms. The van der Waals surface area contributed by atoms with E-state index in [1.54, 1.807) is 0 Å². The Balaban J connectivity index is 1.34. The van der Waals surface area contributed by atoms with Crippen LogP contribution in [0.3, 0.4) is 0 Å². The molecule has 0 amide bonds. The second-order valence-corrected chi connectivity index (χ2v) is 12.7. The zero-order chi connectivity index (χ0) is 33.2. The SMILES string of the molecule is C=CC(=O)OCCCCOC1CCC(C#CC2CCC(C#CC3CCC(OCCCCOC(=O)C=C)CC3)C(C(F)(F)F)C2)CC1. The van der Waals surface area contributed by atoms with Crippen molar-refractivity contribution in [2.45, 2.75) is 115 Å². The Kier molecular flexibility index (Phi) is 16.8. The molecule has 0 radical (unpaired) electrons. The van der Waals surface area contributed by atoms with Gasteiger partial charge in [-0.3, -0.25) is 0 Å². The summed E-state index contributed by atoms with van der Waals surface area (Å²) in [6.45, 7) is 8.65. The number of alkyl halides is 3. The molecule has 256 valence electrons. The monoisotopic (exact) mass is 648 g/mol. The lowest BCUT2D eigenvalue weighted by molar-refractivity contribution is -0.192. The maximum absolute atomic E-state index is 14.1. The fraction of sp³-hybridized carbons (Fsp3) is 0.730. The molecule has 3 saturated carbocycles. The third kappa shape index (κ3) is 14.3. The maximum atomic E-state index is 14.1. The quantitative estimate of drug-likeness (QED) is 0.0830. The van der Waals surface area contributed by atoms with E-state index in [1.807, 2.05) is 0 Å². The highest BCUT2D eigenvalue weighted by molar-refractivity contribution is 5.81. The first-order valence-electron chi connectivity index (χ1n) is 17.1. The molecule has 3 unspecified atom stereocenters. The molecule has 0 aromatic heterocycles. The molecule has 3 fully saturated rings. The molecule has 46 heavy (non-hydrogen) atoms. The van der Waals surface area contributed by atoms with E-state index >= 15 is 0 Å². The predicted molar refractivity (Wildman–Crippen MR) is 170 cm³/mol. The van der Waals surface area contributed by atoms with Crippen molar-refractivity contribution in [3.63, 3.8) is 0 Å². The number of halogens is 3. The van der Waals surface area contributed by atoms with Crippen LogP contribution in [0.5, 0.6) is 0 Å². The van der Waals surface area contributed by atoms with Gasteiger partial charge >= 0.3 is 18.1 Å². The van der Waals surface area contributed by atoms with Crippen molar-refractivity contribution in [2.24, 2.45) is 29.6 Å². The Hall–Kier alpha value is -2.75. The van der Waals surface area contributed by atoms with Crippen molar-refractivity contribution < 1.29 is 41.7 Å². The Morgan fingerprint density at radius 2 is 1.02 bits per heavy atom. The summed E-state index contributed by atoms with van der Waals surface area (Å²) in [7, 11) is 0. The van der Waals surface area contributed by atoms with Crippen LogP contribution in [0.15, 0.2) is 25.3 Å². The fourth-order valence-corrected chi connectivity index (χ4v) is 6.42. The molecule has 0 spiro atoms. The minimum absolute atomic E-state index is 0.0315. The second-order valence-electron chi connectivity index (χ2n) is 12.7. The average Bonchev–Trinajstić information content (AvgIpc) is 3.06. The molecule has 3 atom stereocenters. The molecular weight excluding hydrogens is 597 g/mol. The van der Waals surface area contributed by atoms with Crippen LogP contribution >= 0.6 is 0 Å². The van der Waals surface area contributed by atoms with Gasteiger partial charge in [0.2, 0.25) is 0 Å². The minimum atomic E-state index is -4.28. The number of hydrogen-bond donors (Lipinski definition) is 0. The van der Waals surface area contributed by atoms with Gasteiger partial charge in [-0.2, -0.15) is 13.2 Å². The summed E-state index contributed by atoms with van der Waals surface area (Å²) >= 11 is 0. The lowest BCUT2D eigenvalue weighted by Gasteiger charge is -2.33. The van der Waals surface area contributed by atoms with Gasteiger partial charge in [0.05, 0.1) is 31.3 Å². The summed E-state index contributed by atoms with van der Waals surface area (Å²) in [6.07, 6.45) is 9.58. The van der Waals surface area contributed by atoms with E-state index in [0.29, 0.717) is 39.3 Å². The van der Waals surface area contributed by atoms with Crippen molar-refractivity contribution in [1.29, 1.82) is 0 Å². The van der Waals surface area contributed by atoms with E-state index in [0.717, 1.165) is 89.2 Å². The summed E-state index contributed by atoms with van der Waals surface area (Å²) in [5.74, 6) is 9.98. The number of ether oxygens (including phenoxy) is 4. The Morgan fingerprint density at radius 3 is 1.48 bits per heavy atom. The fourth-order valence-electron chi connectivity index (χ4n) is 6.42. The topological polar surface area (TPSA) is 71.1 Å². The van der Waals surface area contributed by atoms with Crippen LogP contribution in [0, 0.1) is 53.3 Å². The Bertz CT molecular complexity index is 1080. The summed E-state index contributed by atoms with van der Waals surface area (Å²) in [4.78, 5) is 22.1. The normalized spacial score (nSPS) is 28.0. The first-order valence-corrected chi connectivity index (χ1v) is 17.1. The zero-order valence-electron chi connectivity index (χ0n) is 27.1. The molecule has 0 N–H and O–H groups in total. The lowest BCUT2D eigenvalue weighted by Crippen LogP contribution is -2.35. The largest absolute Gasteiger partial charge is 0.463 e. The van der Waals surface area contributed by atoms with Gasteiger partial charge in [0.15, 0.2) is 0 Å². The molecule has 3 aliphatic carbocycles. The van der Waals surface area contributed by atoms with Gasteiger partial charge in [-0.25, -0.2) is 9.59 Å². The zero-order valence-corrected chi connectivity index (χ0v) is 27.1. The van der Waals surface area contributed by atoms with Gasteiger partial charge in [0.25, 0.3) is 0 Å². The van der Waals surface area contributed by atoms with Gasteiger partial charge in [-0.15, -0.1) is 0 Å². The average molecular weight is 649 g/mol. The standard InChI is InChI=1S/C37H51F3O6/c1-3-35(41)45-25-7-5-23-43-32-19-13-28(14-20-32)9-10-30-12-18-31(34(27-30)37(38,39)40)17-11-29-15-21-33(22-16-29)44-24-6-8-26-46-36(42)4-2/h3-4,28-34H,1-2,5-8,12-16,18-27H2. The van der Waals surface area contributed by atoms with Crippen LogP contribution in [0.2, 0.25) is 0 Å². The van der Waals surface area contributed by atoms with E-state index in [-0.39, 0.29) is 36.4 Å². The van der Waals surface area contributed by atoms with Crippen molar-refractivity contribution in [1.82, 2.24) is 0 Å². The van der Waals surface area contributed by atoms with Crippen molar-refractivity contribution in [2.75, 3.05) is 26.4 Å². The Morgan fingerprint density at radius 1 is 0.609 bits per heavy atom. The lowest BCUT2D eigenvalue weighted by atomic mass is 9.73. The smallest absolute Gasteiger partial charge is 0.393 e. The van der Waals surface area contributed by atoms with Crippen LogP contribution in [0.25, 0.3) is 0 Å². The molecule has 3 rings (SSSR count). The number of unbranched alkanes of at least 4 members (excludes halogenated alkanes) is 2. The second kappa shape index (κ2) is 20.5. The van der Waals surface area contributed by atoms with Gasteiger partial charge in [0, 0.05) is 49.0 Å². The summed E-state index contributed by atoms with van der Waals surface area (Å²) in [5, 5.41) is 0. The van der Waals surface area contributed by atoms with Crippen molar-refractivity contribution in [3.05, 3.63) is 25.3 Å². The highest BCUT2D eigenvalue weighted by atomic mass is 19.4.